The Morgan fingerprint density at radius 3 is 2.71 bits per heavy atom. The summed E-state index contributed by atoms with van der Waals surface area (Å²) in [6, 6.07) is 0.274. The molecule has 1 aromatic heterocycles. The summed E-state index contributed by atoms with van der Waals surface area (Å²) in [5.41, 5.74) is 0.290. The Morgan fingerprint density at radius 2 is 2.10 bits per heavy atom. The first-order chi connectivity index (χ1) is 10.1. The van der Waals surface area contributed by atoms with Gasteiger partial charge in [-0.05, 0) is 12.8 Å². The van der Waals surface area contributed by atoms with Crippen LogP contribution in [0.15, 0.2) is 6.20 Å². The van der Waals surface area contributed by atoms with Crippen molar-refractivity contribution in [3.63, 3.8) is 0 Å². The molecule has 0 atom stereocenters. The van der Waals surface area contributed by atoms with Gasteiger partial charge in [0.15, 0.2) is 5.69 Å². The zero-order valence-corrected chi connectivity index (χ0v) is 12.2. The van der Waals surface area contributed by atoms with Crippen molar-refractivity contribution in [3.05, 3.63) is 11.9 Å². The van der Waals surface area contributed by atoms with Crippen LogP contribution in [0.25, 0.3) is 0 Å². The molecule has 3 heterocycles. The van der Waals surface area contributed by atoms with E-state index in [1.165, 1.54) is 4.90 Å². The van der Waals surface area contributed by atoms with Crippen LogP contribution < -0.4 is 5.32 Å². The van der Waals surface area contributed by atoms with E-state index in [9.17, 15) is 9.59 Å². The first-order valence-corrected chi connectivity index (χ1v) is 7.31. The average Bonchev–Trinajstić information content (AvgIpc) is 3.06. The van der Waals surface area contributed by atoms with Crippen molar-refractivity contribution in [3.8, 4) is 0 Å². The predicted octanol–water partition coefficient (Wildman–Crippen LogP) is -0.883. The maximum atomic E-state index is 12.3. The third-order valence-electron chi connectivity index (χ3n) is 4.04. The Balaban J connectivity index is 1.58. The quantitative estimate of drug-likeness (QED) is 0.779. The van der Waals surface area contributed by atoms with E-state index in [1.807, 2.05) is 0 Å². The van der Waals surface area contributed by atoms with Crippen LogP contribution in [0.4, 0.5) is 0 Å². The maximum Gasteiger partial charge on any atom is 0.276 e. The number of rotatable bonds is 4. The summed E-state index contributed by atoms with van der Waals surface area (Å²) in [7, 11) is 1.63. The van der Waals surface area contributed by atoms with Crippen molar-refractivity contribution < 1.29 is 9.59 Å². The Morgan fingerprint density at radius 1 is 1.38 bits per heavy atom. The second-order valence-corrected chi connectivity index (χ2v) is 5.64. The Bertz CT molecular complexity index is 533. The van der Waals surface area contributed by atoms with Crippen molar-refractivity contribution in [2.45, 2.75) is 18.9 Å². The lowest BCUT2D eigenvalue weighted by Gasteiger charge is -2.26. The molecule has 2 aliphatic heterocycles. The van der Waals surface area contributed by atoms with Crippen molar-refractivity contribution >= 4 is 11.8 Å². The number of hydrogen-bond acceptors (Lipinski definition) is 5. The molecule has 0 bridgehead atoms. The fourth-order valence-electron chi connectivity index (χ4n) is 2.55. The molecule has 2 aliphatic rings. The van der Waals surface area contributed by atoms with Crippen molar-refractivity contribution in [1.82, 2.24) is 30.1 Å². The van der Waals surface area contributed by atoms with E-state index in [2.05, 4.69) is 15.6 Å². The first kappa shape index (κ1) is 14.0. The molecular formula is C13H20N6O2. The standard InChI is InChI=1S/C13H20N6O2/c1-17(9-12(20)18-4-2-3-5-18)13(21)11-8-19(16-15-11)10-6-14-7-10/h8,10,14H,2-7,9H2,1H3. The topological polar surface area (TPSA) is 83.4 Å². The van der Waals surface area contributed by atoms with Gasteiger partial charge in [0.1, 0.15) is 0 Å². The molecule has 1 N–H and O–H groups in total. The Labute approximate surface area is 123 Å². The molecule has 3 rings (SSSR count). The number of nitrogens with one attached hydrogen (secondary N) is 1. The van der Waals surface area contributed by atoms with Gasteiger partial charge in [-0.15, -0.1) is 5.10 Å². The fourth-order valence-corrected chi connectivity index (χ4v) is 2.55. The zero-order chi connectivity index (χ0) is 14.8. The van der Waals surface area contributed by atoms with E-state index in [0.29, 0.717) is 5.69 Å². The normalized spacial score (nSPS) is 18.6. The van der Waals surface area contributed by atoms with Gasteiger partial charge in [0.25, 0.3) is 5.91 Å². The summed E-state index contributed by atoms with van der Waals surface area (Å²) in [4.78, 5) is 27.5. The third-order valence-corrected chi connectivity index (χ3v) is 4.04. The first-order valence-electron chi connectivity index (χ1n) is 7.31. The number of likely N-dealkylation sites (tertiary alicyclic amines) is 1. The zero-order valence-electron chi connectivity index (χ0n) is 12.2. The molecule has 2 amide bonds. The number of likely N-dealkylation sites (N-methyl/N-ethyl adjacent to an activating group) is 1. The molecule has 0 radical (unpaired) electrons. The number of hydrogen-bond donors (Lipinski definition) is 1. The van der Waals surface area contributed by atoms with Crippen LogP contribution in [0, 0.1) is 0 Å². The fraction of sp³-hybridized carbons (Fsp3) is 0.692. The molecule has 8 heteroatoms. The van der Waals surface area contributed by atoms with Gasteiger partial charge in [-0.1, -0.05) is 5.21 Å². The van der Waals surface area contributed by atoms with E-state index in [4.69, 9.17) is 0 Å². The molecule has 2 saturated heterocycles. The van der Waals surface area contributed by atoms with Gasteiger partial charge in [0, 0.05) is 33.2 Å². The smallest absolute Gasteiger partial charge is 0.276 e. The van der Waals surface area contributed by atoms with Gasteiger partial charge >= 0.3 is 0 Å². The largest absolute Gasteiger partial charge is 0.341 e. The molecule has 0 aromatic carbocycles. The number of carbonyl (C=O) groups is 2. The average molecular weight is 292 g/mol. The highest BCUT2D eigenvalue weighted by Gasteiger charge is 2.25. The van der Waals surface area contributed by atoms with Crippen LogP contribution in [-0.2, 0) is 4.79 Å². The predicted molar refractivity (Wildman–Crippen MR) is 74.7 cm³/mol. The highest BCUT2D eigenvalue weighted by molar-refractivity contribution is 5.94. The SMILES string of the molecule is CN(CC(=O)N1CCCC1)C(=O)c1cn(C2CNC2)nn1. The van der Waals surface area contributed by atoms with Gasteiger partial charge in [0.05, 0.1) is 18.8 Å². The van der Waals surface area contributed by atoms with Crippen molar-refractivity contribution in [2.75, 3.05) is 39.8 Å². The molecule has 2 fully saturated rings. The summed E-state index contributed by atoms with van der Waals surface area (Å²) in [5, 5.41) is 11.0. The lowest BCUT2D eigenvalue weighted by atomic mass is 10.2. The van der Waals surface area contributed by atoms with Gasteiger partial charge in [-0.25, -0.2) is 4.68 Å². The lowest BCUT2D eigenvalue weighted by molar-refractivity contribution is -0.130. The number of carbonyl (C=O) groups excluding carboxylic acids is 2. The molecule has 114 valence electrons. The maximum absolute atomic E-state index is 12.3. The van der Waals surface area contributed by atoms with Crippen LogP contribution in [0.1, 0.15) is 29.4 Å². The summed E-state index contributed by atoms with van der Waals surface area (Å²) in [6.45, 7) is 3.38. The summed E-state index contributed by atoms with van der Waals surface area (Å²) in [6.07, 6.45) is 3.75. The molecule has 0 saturated carbocycles. The number of aromatic nitrogens is 3. The Hall–Kier alpha value is -1.96. The Kier molecular flexibility index (Phi) is 3.87. The highest BCUT2D eigenvalue weighted by atomic mass is 16.2. The van der Waals surface area contributed by atoms with Crippen molar-refractivity contribution in [1.29, 1.82) is 0 Å². The minimum absolute atomic E-state index is 0.000986. The van der Waals surface area contributed by atoms with Gasteiger partial charge < -0.3 is 15.1 Å². The van der Waals surface area contributed by atoms with E-state index in [0.717, 1.165) is 39.0 Å². The minimum atomic E-state index is -0.263. The molecule has 1 aromatic rings. The molecule has 0 unspecified atom stereocenters. The summed E-state index contributed by atoms with van der Waals surface area (Å²) >= 11 is 0. The molecular weight excluding hydrogens is 272 g/mol. The van der Waals surface area contributed by atoms with Crippen LogP contribution >= 0.6 is 0 Å². The van der Waals surface area contributed by atoms with E-state index < -0.39 is 0 Å². The third kappa shape index (κ3) is 2.90. The highest BCUT2D eigenvalue weighted by Crippen LogP contribution is 2.11. The van der Waals surface area contributed by atoms with Crippen LogP contribution in [0.2, 0.25) is 0 Å². The summed E-state index contributed by atoms with van der Waals surface area (Å²) < 4.78 is 1.71. The number of nitrogens with zero attached hydrogens (tertiary/aromatic N) is 5. The van der Waals surface area contributed by atoms with Crippen LogP contribution in [0.5, 0.6) is 0 Å². The number of amides is 2. The van der Waals surface area contributed by atoms with Crippen LogP contribution in [-0.4, -0.2) is 76.4 Å². The minimum Gasteiger partial charge on any atom is -0.341 e. The van der Waals surface area contributed by atoms with E-state index in [1.54, 1.807) is 22.8 Å². The van der Waals surface area contributed by atoms with E-state index >= 15 is 0 Å². The van der Waals surface area contributed by atoms with Gasteiger partial charge in [0.2, 0.25) is 5.91 Å². The van der Waals surface area contributed by atoms with E-state index in [-0.39, 0.29) is 24.4 Å². The molecule has 8 nitrogen and oxygen atoms in total. The van der Waals surface area contributed by atoms with Gasteiger partial charge in [-0.2, -0.15) is 0 Å². The second kappa shape index (κ2) is 5.80. The van der Waals surface area contributed by atoms with Crippen molar-refractivity contribution in [2.24, 2.45) is 0 Å². The second-order valence-electron chi connectivity index (χ2n) is 5.64. The lowest BCUT2D eigenvalue weighted by Crippen LogP contribution is -2.43. The monoisotopic (exact) mass is 292 g/mol. The van der Waals surface area contributed by atoms with Crippen LogP contribution in [0.3, 0.4) is 0 Å². The van der Waals surface area contributed by atoms with Gasteiger partial charge in [-0.3, -0.25) is 9.59 Å². The molecule has 0 spiro atoms. The molecule has 21 heavy (non-hydrogen) atoms. The summed E-state index contributed by atoms with van der Waals surface area (Å²) in [5.74, 6) is -0.264. The molecule has 0 aliphatic carbocycles.